The highest BCUT2D eigenvalue weighted by atomic mass is 32.2. The molecule has 226 valence electrons. The number of amides is 2. The van der Waals surface area contributed by atoms with E-state index in [0.29, 0.717) is 31.6 Å². The van der Waals surface area contributed by atoms with E-state index in [0.717, 1.165) is 29.7 Å². The highest BCUT2D eigenvalue weighted by molar-refractivity contribution is 7.98. The summed E-state index contributed by atoms with van der Waals surface area (Å²) in [6, 6.07) is 19.2. The zero-order chi connectivity index (χ0) is 30.2. The third kappa shape index (κ3) is 10.8. The molecule has 2 N–H and O–H groups in total. The van der Waals surface area contributed by atoms with E-state index in [9.17, 15) is 19.5 Å². The van der Waals surface area contributed by atoms with Crippen LogP contribution in [0.2, 0.25) is 0 Å². The SMILES string of the molecule is C=CC[C@H](CC(=O)N1CCC[C@H]1CO)C(=O)N[C@H](COC(=O)[C@@H](CC=C)Cc1ccccc1)CSCc1ccccc1. The lowest BCUT2D eigenvalue weighted by atomic mass is 9.96. The lowest BCUT2D eigenvalue weighted by molar-refractivity contribution is -0.149. The van der Waals surface area contributed by atoms with Gasteiger partial charge in [-0.05, 0) is 43.2 Å². The number of carbonyl (C=O) groups is 3. The topological polar surface area (TPSA) is 95.9 Å². The van der Waals surface area contributed by atoms with Crippen molar-refractivity contribution in [1.82, 2.24) is 10.2 Å². The molecule has 3 rings (SSSR count). The van der Waals surface area contributed by atoms with Gasteiger partial charge in [0.15, 0.2) is 0 Å². The molecule has 1 aliphatic rings. The van der Waals surface area contributed by atoms with Crippen LogP contribution in [0.5, 0.6) is 0 Å². The third-order valence-electron chi connectivity index (χ3n) is 7.46. The van der Waals surface area contributed by atoms with Gasteiger partial charge in [-0.2, -0.15) is 11.8 Å². The molecule has 0 aromatic heterocycles. The van der Waals surface area contributed by atoms with Crippen LogP contribution in [0.25, 0.3) is 0 Å². The van der Waals surface area contributed by atoms with E-state index in [1.54, 1.807) is 28.8 Å². The van der Waals surface area contributed by atoms with Gasteiger partial charge in [0.1, 0.15) is 6.61 Å². The summed E-state index contributed by atoms with van der Waals surface area (Å²) in [7, 11) is 0. The van der Waals surface area contributed by atoms with Crippen LogP contribution in [0.4, 0.5) is 0 Å². The van der Waals surface area contributed by atoms with Gasteiger partial charge in [0.2, 0.25) is 11.8 Å². The molecule has 2 aromatic carbocycles. The maximum absolute atomic E-state index is 13.5. The molecular weight excluding hydrogens is 548 g/mol. The average Bonchev–Trinajstić information content (AvgIpc) is 3.49. The van der Waals surface area contributed by atoms with Crippen molar-refractivity contribution in [2.45, 2.75) is 56.4 Å². The quantitative estimate of drug-likeness (QED) is 0.188. The van der Waals surface area contributed by atoms with E-state index >= 15 is 0 Å². The Labute approximate surface area is 254 Å². The smallest absolute Gasteiger partial charge is 0.309 e. The predicted molar refractivity (Wildman–Crippen MR) is 169 cm³/mol. The van der Waals surface area contributed by atoms with Crippen LogP contribution in [0.15, 0.2) is 86.0 Å². The van der Waals surface area contributed by atoms with Gasteiger partial charge in [0.25, 0.3) is 0 Å². The zero-order valence-electron chi connectivity index (χ0n) is 24.4. The number of likely N-dealkylation sites (tertiary alicyclic amines) is 1. The molecule has 1 fully saturated rings. The van der Waals surface area contributed by atoms with Crippen molar-refractivity contribution in [1.29, 1.82) is 0 Å². The van der Waals surface area contributed by atoms with Gasteiger partial charge in [-0.1, -0.05) is 72.8 Å². The van der Waals surface area contributed by atoms with Crippen LogP contribution in [-0.2, 0) is 31.3 Å². The molecule has 2 aromatic rings. The average molecular weight is 593 g/mol. The van der Waals surface area contributed by atoms with Crippen molar-refractivity contribution < 1.29 is 24.2 Å². The number of hydrogen-bond donors (Lipinski definition) is 2. The van der Waals surface area contributed by atoms with Crippen molar-refractivity contribution in [3.63, 3.8) is 0 Å². The first-order valence-corrected chi connectivity index (χ1v) is 15.8. The lowest BCUT2D eigenvalue weighted by Crippen LogP contribution is -2.45. The highest BCUT2D eigenvalue weighted by Gasteiger charge is 2.32. The molecule has 0 saturated carbocycles. The summed E-state index contributed by atoms with van der Waals surface area (Å²) in [5, 5.41) is 12.7. The number of hydrogen-bond acceptors (Lipinski definition) is 6. The van der Waals surface area contributed by atoms with Crippen molar-refractivity contribution in [2.24, 2.45) is 11.8 Å². The molecule has 8 heteroatoms. The minimum atomic E-state index is -0.598. The highest BCUT2D eigenvalue weighted by Crippen LogP contribution is 2.22. The summed E-state index contributed by atoms with van der Waals surface area (Å²) in [4.78, 5) is 41.3. The summed E-state index contributed by atoms with van der Waals surface area (Å²) in [5.41, 5.74) is 2.21. The van der Waals surface area contributed by atoms with Crippen LogP contribution < -0.4 is 5.32 Å². The molecule has 1 saturated heterocycles. The third-order valence-corrected chi connectivity index (χ3v) is 8.64. The molecular formula is C34H44N2O5S. The standard InChI is InChI=1S/C34H44N2O5S/c1-3-12-28(21-32(38)36-19-11-18-31(36)22-37)33(39)35-30(25-42-24-27-16-9-6-10-17-27)23-41-34(40)29(13-4-2)20-26-14-7-5-8-15-26/h3-10,14-17,28-31,37H,1-2,11-13,18-25H2,(H,35,39)/t28-,29+,30-,31+/m1/s1. The Morgan fingerprint density at radius 1 is 1.00 bits per heavy atom. The molecule has 7 nitrogen and oxygen atoms in total. The summed E-state index contributed by atoms with van der Waals surface area (Å²) in [5.74, 6) is -0.414. The molecule has 2 amide bonds. The van der Waals surface area contributed by atoms with Gasteiger partial charge in [0, 0.05) is 24.5 Å². The first-order chi connectivity index (χ1) is 20.4. The Bertz CT molecular complexity index is 1140. The molecule has 0 spiro atoms. The van der Waals surface area contributed by atoms with Crippen LogP contribution in [0.3, 0.4) is 0 Å². The second kappa shape index (κ2) is 18.2. The minimum Gasteiger partial charge on any atom is -0.463 e. The van der Waals surface area contributed by atoms with Crippen LogP contribution in [0, 0.1) is 11.8 Å². The van der Waals surface area contributed by atoms with Crippen molar-refractivity contribution >= 4 is 29.5 Å². The molecule has 42 heavy (non-hydrogen) atoms. The van der Waals surface area contributed by atoms with E-state index in [4.69, 9.17) is 4.74 Å². The van der Waals surface area contributed by atoms with Gasteiger partial charge in [-0.3, -0.25) is 14.4 Å². The Morgan fingerprint density at radius 3 is 2.29 bits per heavy atom. The van der Waals surface area contributed by atoms with Gasteiger partial charge in [0.05, 0.1) is 30.5 Å². The first-order valence-electron chi connectivity index (χ1n) is 14.7. The Morgan fingerprint density at radius 2 is 1.64 bits per heavy atom. The molecule has 0 aliphatic carbocycles. The van der Waals surface area contributed by atoms with Crippen molar-refractivity contribution in [3.05, 3.63) is 97.1 Å². The summed E-state index contributed by atoms with van der Waals surface area (Å²) in [6.45, 7) is 8.14. The number of ether oxygens (including phenoxy) is 1. The monoisotopic (exact) mass is 592 g/mol. The normalized spacial score (nSPS) is 16.7. The predicted octanol–water partition coefficient (Wildman–Crippen LogP) is 4.95. The number of allylic oxidation sites excluding steroid dienone is 2. The van der Waals surface area contributed by atoms with E-state index in [1.165, 1.54) is 0 Å². The number of aliphatic hydroxyl groups excluding tert-OH is 1. The number of thioether (sulfide) groups is 1. The Kier molecular flexibility index (Phi) is 14.4. The second-order valence-corrected chi connectivity index (χ2v) is 11.8. The van der Waals surface area contributed by atoms with Crippen molar-refractivity contribution in [2.75, 3.05) is 25.5 Å². The lowest BCUT2D eigenvalue weighted by Gasteiger charge is -2.26. The largest absolute Gasteiger partial charge is 0.463 e. The first kappa shape index (κ1) is 33.1. The molecule has 1 heterocycles. The van der Waals surface area contributed by atoms with E-state index in [-0.39, 0.29) is 49.4 Å². The van der Waals surface area contributed by atoms with Gasteiger partial charge < -0.3 is 20.1 Å². The van der Waals surface area contributed by atoms with E-state index < -0.39 is 12.0 Å². The van der Waals surface area contributed by atoms with Crippen LogP contribution in [-0.4, -0.2) is 65.4 Å². The number of carbonyl (C=O) groups excluding carboxylic acids is 3. The Balaban J connectivity index is 1.65. The Hall–Kier alpha value is -3.36. The number of rotatable bonds is 18. The minimum absolute atomic E-state index is 0.0300. The van der Waals surface area contributed by atoms with Crippen molar-refractivity contribution in [3.8, 4) is 0 Å². The second-order valence-electron chi connectivity index (χ2n) is 10.7. The number of esters is 1. The van der Waals surface area contributed by atoms with E-state index in [1.807, 2.05) is 60.7 Å². The fraction of sp³-hybridized carbons (Fsp3) is 0.441. The van der Waals surface area contributed by atoms with Gasteiger partial charge >= 0.3 is 5.97 Å². The summed E-state index contributed by atoms with van der Waals surface area (Å²) in [6.07, 6.45) is 6.40. The summed E-state index contributed by atoms with van der Waals surface area (Å²) >= 11 is 1.65. The molecule has 4 atom stereocenters. The fourth-order valence-electron chi connectivity index (χ4n) is 5.17. The molecule has 1 aliphatic heterocycles. The maximum atomic E-state index is 13.5. The number of nitrogens with one attached hydrogen (secondary N) is 1. The number of aliphatic hydroxyl groups is 1. The van der Waals surface area contributed by atoms with E-state index in [2.05, 4.69) is 18.5 Å². The zero-order valence-corrected chi connectivity index (χ0v) is 25.2. The fourth-order valence-corrected chi connectivity index (χ4v) is 6.18. The maximum Gasteiger partial charge on any atom is 0.309 e. The van der Waals surface area contributed by atoms with Gasteiger partial charge in [-0.15, -0.1) is 13.2 Å². The number of benzene rings is 2. The van der Waals surface area contributed by atoms with Crippen LogP contribution >= 0.6 is 11.8 Å². The molecule has 0 radical (unpaired) electrons. The molecule has 0 bridgehead atoms. The van der Waals surface area contributed by atoms with Gasteiger partial charge in [-0.25, -0.2) is 0 Å². The summed E-state index contributed by atoms with van der Waals surface area (Å²) < 4.78 is 5.79. The van der Waals surface area contributed by atoms with Crippen LogP contribution in [0.1, 0.15) is 43.2 Å². The number of nitrogens with zero attached hydrogens (tertiary/aromatic N) is 1. The molecule has 0 unspecified atom stereocenters.